The molecule has 122 valence electrons. The first-order valence-corrected chi connectivity index (χ1v) is 8.60. The second-order valence-electron chi connectivity index (χ2n) is 5.53. The van der Waals surface area contributed by atoms with E-state index in [4.69, 9.17) is 4.42 Å². The first-order chi connectivity index (χ1) is 11.2. The summed E-state index contributed by atoms with van der Waals surface area (Å²) in [6, 6.07) is 1.90. The van der Waals surface area contributed by atoms with Gasteiger partial charge in [-0.3, -0.25) is 20.4 Å². The van der Waals surface area contributed by atoms with Gasteiger partial charge in [-0.2, -0.15) is 11.3 Å². The average molecular weight is 334 g/mol. The fourth-order valence-electron chi connectivity index (χ4n) is 2.56. The van der Waals surface area contributed by atoms with Gasteiger partial charge in [-0.15, -0.1) is 10.2 Å². The quantitative estimate of drug-likeness (QED) is 0.816. The van der Waals surface area contributed by atoms with E-state index in [1.807, 2.05) is 16.8 Å². The molecule has 2 heterocycles. The molecule has 2 amide bonds. The van der Waals surface area contributed by atoms with Crippen LogP contribution in [0.3, 0.4) is 0 Å². The number of carbonyl (C=O) groups excluding carboxylic acids is 2. The zero-order valence-corrected chi connectivity index (χ0v) is 13.4. The second-order valence-corrected chi connectivity index (χ2v) is 6.31. The van der Waals surface area contributed by atoms with Crippen molar-refractivity contribution in [2.24, 2.45) is 5.92 Å². The number of rotatable bonds is 5. The maximum Gasteiger partial charge on any atom is 0.248 e. The van der Waals surface area contributed by atoms with Crippen LogP contribution >= 0.6 is 11.3 Å². The molecule has 2 aromatic rings. The van der Waals surface area contributed by atoms with E-state index in [2.05, 4.69) is 21.0 Å². The molecule has 0 spiro atoms. The van der Waals surface area contributed by atoms with Crippen molar-refractivity contribution in [1.82, 2.24) is 21.0 Å². The Bertz CT molecular complexity index is 662. The summed E-state index contributed by atoms with van der Waals surface area (Å²) in [6.45, 7) is 0. The monoisotopic (exact) mass is 334 g/mol. The Labute approximate surface area is 137 Å². The van der Waals surface area contributed by atoms with E-state index in [9.17, 15) is 9.59 Å². The molecule has 0 atom stereocenters. The maximum atomic E-state index is 11.8. The number of aryl methyl sites for hydroxylation is 1. The Balaban J connectivity index is 1.41. The summed E-state index contributed by atoms with van der Waals surface area (Å²) < 4.78 is 5.50. The standard InChI is InChI=1S/C15H18N4O3S/c20-12(16-18-14(21)10-3-1-2-4-10)5-6-13-17-19-15(22-13)11-7-8-23-9-11/h7-10H,1-6H2,(H,16,20)(H,18,21). The van der Waals surface area contributed by atoms with Crippen molar-refractivity contribution in [2.45, 2.75) is 38.5 Å². The summed E-state index contributed by atoms with van der Waals surface area (Å²) in [5, 5.41) is 11.7. The maximum absolute atomic E-state index is 11.8. The Hall–Kier alpha value is -2.22. The fourth-order valence-corrected chi connectivity index (χ4v) is 3.19. The van der Waals surface area contributed by atoms with Gasteiger partial charge in [0.15, 0.2) is 0 Å². The highest BCUT2D eigenvalue weighted by atomic mass is 32.1. The minimum absolute atomic E-state index is 0.0272. The van der Waals surface area contributed by atoms with Gasteiger partial charge in [0.25, 0.3) is 0 Å². The fraction of sp³-hybridized carbons (Fsp3) is 0.467. The van der Waals surface area contributed by atoms with Gasteiger partial charge < -0.3 is 4.42 Å². The molecular formula is C15H18N4O3S. The highest BCUT2D eigenvalue weighted by Gasteiger charge is 2.22. The molecule has 2 aromatic heterocycles. The number of nitrogens with zero attached hydrogens (tertiary/aromatic N) is 2. The molecule has 1 aliphatic carbocycles. The third kappa shape index (κ3) is 4.16. The molecular weight excluding hydrogens is 316 g/mol. The summed E-state index contributed by atoms with van der Waals surface area (Å²) in [6.07, 6.45) is 4.47. The first-order valence-electron chi connectivity index (χ1n) is 7.66. The van der Waals surface area contributed by atoms with Crippen LogP contribution in [-0.2, 0) is 16.0 Å². The molecule has 3 rings (SSSR count). The number of hydrogen-bond donors (Lipinski definition) is 2. The van der Waals surface area contributed by atoms with Crippen molar-refractivity contribution in [2.75, 3.05) is 0 Å². The Morgan fingerprint density at radius 3 is 2.83 bits per heavy atom. The summed E-state index contributed by atoms with van der Waals surface area (Å²) in [7, 11) is 0. The van der Waals surface area contributed by atoms with Gasteiger partial charge in [0.2, 0.25) is 23.6 Å². The lowest BCUT2D eigenvalue weighted by Crippen LogP contribution is -2.44. The normalized spacial score (nSPS) is 14.8. The molecule has 23 heavy (non-hydrogen) atoms. The Morgan fingerprint density at radius 1 is 1.26 bits per heavy atom. The number of nitrogens with one attached hydrogen (secondary N) is 2. The van der Waals surface area contributed by atoms with E-state index in [0.29, 0.717) is 18.2 Å². The SMILES string of the molecule is O=C(CCc1nnc(-c2ccsc2)o1)NNC(=O)C1CCCC1. The van der Waals surface area contributed by atoms with Gasteiger partial charge >= 0.3 is 0 Å². The molecule has 0 unspecified atom stereocenters. The molecule has 1 fully saturated rings. The van der Waals surface area contributed by atoms with Crippen LogP contribution in [0.2, 0.25) is 0 Å². The van der Waals surface area contributed by atoms with Crippen LogP contribution in [0, 0.1) is 5.92 Å². The van der Waals surface area contributed by atoms with E-state index >= 15 is 0 Å². The zero-order chi connectivity index (χ0) is 16.1. The van der Waals surface area contributed by atoms with Gasteiger partial charge in [-0.25, -0.2) is 0 Å². The average Bonchev–Trinajstić information content (AvgIpc) is 3.32. The molecule has 0 aliphatic heterocycles. The predicted molar refractivity (Wildman–Crippen MR) is 84.2 cm³/mol. The van der Waals surface area contributed by atoms with Gasteiger partial charge in [-0.05, 0) is 24.3 Å². The lowest BCUT2D eigenvalue weighted by atomic mass is 10.1. The van der Waals surface area contributed by atoms with Crippen molar-refractivity contribution in [1.29, 1.82) is 0 Å². The van der Waals surface area contributed by atoms with Crippen molar-refractivity contribution in [3.8, 4) is 11.5 Å². The molecule has 2 N–H and O–H groups in total. The molecule has 7 nitrogen and oxygen atoms in total. The number of hydrogen-bond acceptors (Lipinski definition) is 6. The third-order valence-corrected chi connectivity index (χ3v) is 4.54. The molecule has 8 heteroatoms. The zero-order valence-electron chi connectivity index (χ0n) is 12.6. The largest absolute Gasteiger partial charge is 0.421 e. The number of amides is 2. The number of aromatic nitrogens is 2. The van der Waals surface area contributed by atoms with Crippen LogP contribution in [0.25, 0.3) is 11.5 Å². The van der Waals surface area contributed by atoms with E-state index in [0.717, 1.165) is 31.2 Å². The number of thiophene rings is 1. The molecule has 0 saturated heterocycles. The van der Waals surface area contributed by atoms with Crippen LogP contribution in [0.5, 0.6) is 0 Å². The van der Waals surface area contributed by atoms with Gasteiger partial charge in [0.05, 0.1) is 0 Å². The summed E-state index contributed by atoms with van der Waals surface area (Å²) in [5.41, 5.74) is 5.80. The van der Waals surface area contributed by atoms with Crippen LogP contribution < -0.4 is 10.9 Å². The lowest BCUT2D eigenvalue weighted by molar-refractivity contribution is -0.131. The van der Waals surface area contributed by atoms with Crippen molar-refractivity contribution in [3.63, 3.8) is 0 Å². The van der Waals surface area contributed by atoms with E-state index in [1.54, 1.807) is 11.3 Å². The molecule has 1 aliphatic rings. The second kappa shape index (κ2) is 7.36. The topological polar surface area (TPSA) is 97.1 Å². The van der Waals surface area contributed by atoms with E-state index in [-0.39, 0.29) is 24.2 Å². The lowest BCUT2D eigenvalue weighted by Gasteiger charge is -2.10. The summed E-state index contributed by atoms with van der Waals surface area (Å²) >= 11 is 1.55. The minimum Gasteiger partial charge on any atom is -0.421 e. The van der Waals surface area contributed by atoms with Crippen LogP contribution in [-0.4, -0.2) is 22.0 Å². The number of carbonyl (C=O) groups is 2. The Kier molecular flexibility index (Phi) is 5.02. The highest BCUT2D eigenvalue weighted by molar-refractivity contribution is 7.08. The van der Waals surface area contributed by atoms with E-state index in [1.165, 1.54) is 0 Å². The van der Waals surface area contributed by atoms with Crippen LogP contribution in [0.4, 0.5) is 0 Å². The molecule has 0 bridgehead atoms. The number of hydrazine groups is 1. The third-order valence-electron chi connectivity index (χ3n) is 3.85. The molecule has 0 aromatic carbocycles. The summed E-state index contributed by atoms with van der Waals surface area (Å²) in [4.78, 5) is 23.6. The minimum atomic E-state index is -0.272. The van der Waals surface area contributed by atoms with E-state index < -0.39 is 0 Å². The highest BCUT2D eigenvalue weighted by Crippen LogP contribution is 2.24. The van der Waals surface area contributed by atoms with Gasteiger partial charge in [0, 0.05) is 29.7 Å². The predicted octanol–water partition coefficient (Wildman–Crippen LogP) is 2.07. The van der Waals surface area contributed by atoms with Crippen molar-refractivity contribution >= 4 is 23.2 Å². The molecule has 0 radical (unpaired) electrons. The molecule has 1 saturated carbocycles. The first kappa shape index (κ1) is 15.7. The van der Waals surface area contributed by atoms with Gasteiger partial charge in [-0.1, -0.05) is 12.8 Å². The van der Waals surface area contributed by atoms with Gasteiger partial charge in [0.1, 0.15) is 0 Å². The van der Waals surface area contributed by atoms with Crippen molar-refractivity contribution < 1.29 is 14.0 Å². The van der Waals surface area contributed by atoms with Crippen LogP contribution in [0.1, 0.15) is 38.0 Å². The Morgan fingerprint density at radius 2 is 2.09 bits per heavy atom. The van der Waals surface area contributed by atoms with Crippen LogP contribution in [0.15, 0.2) is 21.2 Å². The van der Waals surface area contributed by atoms with Crippen molar-refractivity contribution in [3.05, 3.63) is 22.7 Å². The smallest absolute Gasteiger partial charge is 0.248 e. The summed E-state index contributed by atoms with van der Waals surface area (Å²) in [5.74, 6) is 0.513.